The first-order valence-corrected chi connectivity index (χ1v) is 5.55. The zero-order valence-corrected chi connectivity index (χ0v) is 10.6. The number of rotatable bonds is 1. The molecular weight excluding hydrogens is 297 g/mol. The SMILES string of the molecule is Cc1nn(C)c(-c2c(F)cc(F)cc2F)c1Br. The van der Waals surface area contributed by atoms with Crippen molar-refractivity contribution in [3.8, 4) is 11.3 Å². The largest absolute Gasteiger partial charge is 0.266 e. The fraction of sp³-hybridized carbons (Fsp3) is 0.182. The average molecular weight is 305 g/mol. The molecule has 0 saturated carbocycles. The van der Waals surface area contributed by atoms with Gasteiger partial charge in [0.05, 0.1) is 21.4 Å². The molecule has 0 fully saturated rings. The lowest BCUT2D eigenvalue weighted by Gasteiger charge is -2.06. The van der Waals surface area contributed by atoms with E-state index < -0.39 is 17.5 Å². The van der Waals surface area contributed by atoms with Crippen LogP contribution in [0.4, 0.5) is 13.2 Å². The highest BCUT2D eigenvalue weighted by molar-refractivity contribution is 9.10. The van der Waals surface area contributed by atoms with Gasteiger partial charge < -0.3 is 0 Å². The highest BCUT2D eigenvalue weighted by Crippen LogP contribution is 2.34. The minimum absolute atomic E-state index is 0.248. The van der Waals surface area contributed by atoms with Gasteiger partial charge in [0.15, 0.2) is 0 Å². The summed E-state index contributed by atoms with van der Waals surface area (Å²) in [7, 11) is 1.56. The van der Waals surface area contributed by atoms with Crippen molar-refractivity contribution in [2.45, 2.75) is 6.92 Å². The zero-order valence-electron chi connectivity index (χ0n) is 9.06. The summed E-state index contributed by atoms with van der Waals surface area (Å²) in [5.74, 6) is -2.85. The molecule has 1 aromatic heterocycles. The zero-order chi connectivity index (χ0) is 12.7. The Morgan fingerprint density at radius 1 is 1.18 bits per heavy atom. The van der Waals surface area contributed by atoms with Crippen LogP contribution in [0.25, 0.3) is 11.3 Å². The first-order valence-electron chi connectivity index (χ1n) is 4.76. The van der Waals surface area contributed by atoms with Crippen LogP contribution in [0.15, 0.2) is 16.6 Å². The lowest BCUT2D eigenvalue weighted by molar-refractivity contribution is 0.545. The molecule has 0 spiro atoms. The molecule has 0 bridgehead atoms. The molecule has 2 rings (SSSR count). The van der Waals surface area contributed by atoms with Crippen molar-refractivity contribution in [2.24, 2.45) is 7.05 Å². The topological polar surface area (TPSA) is 17.8 Å². The maximum Gasteiger partial charge on any atom is 0.138 e. The van der Waals surface area contributed by atoms with E-state index in [2.05, 4.69) is 21.0 Å². The minimum Gasteiger partial charge on any atom is -0.266 e. The smallest absolute Gasteiger partial charge is 0.138 e. The molecule has 0 N–H and O–H groups in total. The molecule has 2 aromatic rings. The summed E-state index contributed by atoms with van der Waals surface area (Å²) in [6.45, 7) is 1.70. The molecule has 1 heterocycles. The van der Waals surface area contributed by atoms with Gasteiger partial charge in [-0.1, -0.05) is 0 Å². The van der Waals surface area contributed by atoms with E-state index in [4.69, 9.17) is 0 Å². The van der Waals surface area contributed by atoms with Crippen molar-refractivity contribution >= 4 is 15.9 Å². The fourth-order valence-electron chi connectivity index (χ4n) is 1.67. The number of benzene rings is 1. The van der Waals surface area contributed by atoms with Crippen LogP contribution in [0, 0.1) is 24.4 Å². The van der Waals surface area contributed by atoms with Crippen LogP contribution in [-0.2, 0) is 7.05 Å². The molecule has 0 aliphatic heterocycles. The summed E-state index contributed by atoms with van der Waals surface area (Å²) in [5, 5.41) is 4.03. The van der Waals surface area contributed by atoms with Gasteiger partial charge in [0.1, 0.15) is 17.5 Å². The normalized spacial score (nSPS) is 10.9. The Morgan fingerprint density at radius 2 is 1.71 bits per heavy atom. The molecule has 0 unspecified atom stereocenters. The third-order valence-electron chi connectivity index (χ3n) is 2.39. The third kappa shape index (κ3) is 1.97. The van der Waals surface area contributed by atoms with E-state index in [9.17, 15) is 13.2 Å². The first-order chi connectivity index (χ1) is 7.91. The fourth-order valence-corrected chi connectivity index (χ4v) is 2.21. The maximum absolute atomic E-state index is 13.6. The molecular formula is C11H8BrF3N2. The molecule has 0 saturated heterocycles. The molecule has 0 aliphatic rings. The number of hydrogen-bond acceptors (Lipinski definition) is 1. The number of halogens is 4. The summed E-state index contributed by atoms with van der Waals surface area (Å²) in [4.78, 5) is 0. The molecule has 0 atom stereocenters. The van der Waals surface area contributed by atoms with Crippen LogP contribution in [-0.4, -0.2) is 9.78 Å². The Morgan fingerprint density at radius 3 is 2.12 bits per heavy atom. The van der Waals surface area contributed by atoms with Gasteiger partial charge in [-0.25, -0.2) is 13.2 Å². The van der Waals surface area contributed by atoms with E-state index in [1.807, 2.05) is 0 Å². The lowest BCUT2D eigenvalue weighted by atomic mass is 10.1. The standard InChI is InChI=1S/C11H8BrF3N2/c1-5-10(12)11(17(2)16-5)9-7(14)3-6(13)4-8(9)15/h3-4H,1-2H3. The Hall–Kier alpha value is -1.30. The van der Waals surface area contributed by atoms with Gasteiger partial charge in [-0.15, -0.1) is 0 Å². The van der Waals surface area contributed by atoms with Crippen LogP contribution >= 0.6 is 15.9 Å². The summed E-state index contributed by atoms with van der Waals surface area (Å²) in [6.07, 6.45) is 0. The minimum atomic E-state index is -0.953. The number of hydrogen-bond donors (Lipinski definition) is 0. The van der Waals surface area contributed by atoms with E-state index in [0.717, 1.165) is 0 Å². The van der Waals surface area contributed by atoms with Gasteiger partial charge in [-0.3, -0.25) is 4.68 Å². The van der Waals surface area contributed by atoms with Crippen LogP contribution < -0.4 is 0 Å². The summed E-state index contributed by atoms with van der Waals surface area (Å²) in [6, 6.07) is 1.29. The van der Waals surface area contributed by atoms with Crippen molar-refractivity contribution in [1.82, 2.24) is 9.78 Å². The highest BCUT2D eigenvalue weighted by Gasteiger charge is 2.21. The molecule has 0 aliphatic carbocycles. The summed E-state index contributed by atoms with van der Waals surface area (Å²) >= 11 is 3.21. The Labute approximate surface area is 104 Å². The predicted octanol–water partition coefficient (Wildman–Crippen LogP) is 3.58. The predicted molar refractivity (Wildman–Crippen MR) is 61.0 cm³/mol. The van der Waals surface area contributed by atoms with Crippen molar-refractivity contribution in [3.63, 3.8) is 0 Å². The van der Waals surface area contributed by atoms with E-state index >= 15 is 0 Å². The van der Waals surface area contributed by atoms with Crippen molar-refractivity contribution in [1.29, 1.82) is 0 Å². The second-order valence-corrected chi connectivity index (χ2v) is 4.41. The summed E-state index contributed by atoms with van der Waals surface area (Å²) < 4.78 is 41.9. The average Bonchev–Trinajstić information content (AvgIpc) is 2.43. The lowest BCUT2D eigenvalue weighted by Crippen LogP contribution is -1.99. The molecule has 17 heavy (non-hydrogen) atoms. The number of aromatic nitrogens is 2. The van der Waals surface area contributed by atoms with Crippen LogP contribution in [0.1, 0.15) is 5.69 Å². The molecule has 1 aromatic carbocycles. The third-order valence-corrected chi connectivity index (χ3v) is 3.34. The Balaban J connectivity index is 2.77. The van der Waals surface area contributed by atoms with Gasteiger partial charge in [0, 0.05) is 19.2 Å². The first kappa shape index (κ1) is 12.2. The summed E-state index contributed by atoms with van der Waals surface area (Å²) in [5.41, 5.74) is 0.560. The van der Waals surface area contributed by atoms with Gasteiger partial charge in [-0.05, 0) is 22.9 Å². The van der Waals surface area contributed by atoms with Crippen molar-refractivity contribution < 1.29 is 13.2 Å². The second-order valence-electron chi connectivity index (χ2n) is 3.62. The van der Waals surface area contributed by atoms with Crippen LogP contribution in [0.3, 0.4) is 0 Å². The van der Waals surface area contributed by atoms with Gasteiger partial charge in [0.25, 0.3) is 0 Å². The van der Waals surface area contributed by atoms with Gasteiger partial charge in [-0.2, -0.15) is 5.10 Å². The van der Waals surface area contributed by atoms with Crippen LogP contribution in [0.2, 0.25) is 0 Å². The van der Waals surface area contributed by atoms with E-state index in [1.165, 1.54) is 4.68 Å². The van der Waals surface area contributed by atoms with E-state index in [0.29, 0.717) is 22.3 Å². The van der Waals surface area contributed by atoms with Crippen LogP contribution in [0.5, 0.6) is 0 Å². The van der Waals surface area contributed by atoms with E-state index in [-0.39, 0.29) is 11.3 Å². The second kappa shape index (κ2) is 4.18. The van der Waals surface area contributed by atoms with Gasteiger partial charge >= 0.3 is 0 Å². The molecule has 90 valence electrons. The quantitative estimate of drug-likeness (QED) is 0.787. The van der Waals surface area contributed by atoms with Gasteiger partial charge in [0.2, 0.25) is 0 Å². The Kier molecular flexibility index (Phi) is 2.99. The van der Waals surface area contributed by atoms with Crippen molar-refractivity contribution in [2.75, 3.05) is 0 Å². The molecule has 0 radical (unpaired) electrons. The molecule has 0 amide bonds. The number of nitrogens with zero attached hydrogens (tertiary/aromatic N) is 2. The molecule has 6 heteroatoms. The van der Waals surface area contributed by atoms with E-state index in [1.54, 1.807) is 14.0 Å². The highest BCUT2D eigenvalue weighted by atomic mass is 79.9. The number of aryl methyl sites for hydroxylation is 2. The monoisotopic (exact) mass is 304 g/mol. The molecule has 2 nitrogen and oxygen atoms in total. The Bertz CT molecular complexity index is 570. The maximum atomic E-state index is 13.6. The van der Waals surface area contributed by atoms with Crippen molar-refractivity contribution in [3.05, 3.63) is 39.8 Å².